The third-order valence-electron chi connectivity index (χ3n) is 1.35. The predicted molar refractivity (Wildman–Crippen MR) is 44.6 cm³/mol. The highest BCUT2D eigenvalue weighted by Crippen LogP contribution is 2.20. The summed E-state index contributed by atoms with van der Waals surface area (Å²) in [5.41, 5.74) is 0. The molecule has 0 amide bonds. The molecule has 0 saturated carbocycles. The zero-order valence-electron chi connectivity index (χ0n) is 6.30. The number of carboxylic acids is 1. The van der Waals surface area contributed by atoms with E-state index in [4.69, 9.17) is 5.11 Å². The lowest BCUT2D eigenvalue weighted by molar-refractivity contribution is 0.0643. The molecule has 0 spiro atoms. The van der Waals surface area contributed by atoms with Crippen LogP contribution in [0.15, 0.2) is 22.0 Å². The Bertz CT molecular complexity index is 421. The van der Waals surface area contributed by atoms with Gasteiger partial charge in [0.15, 0.2) is 0 Å². The zero-order valence-corrected chi connectivity index (χ0v) is 7.11. The molecule has 1 N–H and O–H groups in total. The molecule has 0 atom stereocenters. The smallest absolute Gasteiger partial charge is 0.394 e. The lowest BCUT2D eigenvalue weighted by Crippen LogP contribution is -1.95. The third kappa shape index (κ3) is 1.43. The summed E-state index contributed by atoms with van der Waals surface area (Å²) >= 11 is 1.42. The fourth-order valence-corrected chi connectivity index (χ4v) is 1.47. The number of thiophene rings is 1. The Morgan fingerprint density at radius 1 is 1.62 bits per heavy atom. The van der Waals surface area contributed by atoms with Gasteiger partial charge in [0.1, 0.15) is 0 Å². The minimum atomic E-state index is -1.21. The molecule has 66 valence electrons. The maximum atomic E-state index is 10.4. The molecule has 0 aliphatic carbocycles. The van der Waals surface area contributed by atoms with Gasteiger partial charge >= 0.3 is 11.9 Å². The Hall–Kier alpha value is -1.69. The van der Waals surface area contributed by atoms with Crippen molar-refractivity contribution in [3.05, 3.63) is 23.4 Å². The van der Waals surface area contributed by atoms with Crippen molar-refractivity contribution in [2.75, 3.05) is 0 Å². The van der Waals surface area contributed by atoms with E-state index in [1.807, 2.05) is 11.4 Å². The molecule has 2 rings (SSSR count). The highest BCUT2D eigenvalue weighted by Gasteiger charge is 2.14. The first-order chi connectivity index (χ1) is 6.27. The maximum absolute atomic E-state index is 10.4. The standard InChI is InChI=1S/C7H4N2O3S/c10-7(11)6-8-5(9-12-6)4-2-1-3-13-4/h1-3H,(H,10,11). The van der Waals surface area contributed by atoms with Crippen LogP contribution in [0.5, 0.6) is 0 Å². The van der Waals surface area contributed by atoms with Crippen LogP contribution in [-0.2, 0) is 0 Å². The SMILES string of the molecule is O=C(O)c1nc(-c2cccs2)no1. The monoisotopic (exact) mass is 196 g/mol. The Balaban J connectivity index is 2.39. The van der Waals surface area contributed by atoms with E-state index in [0.717, 1.165) is 4.88 Å². The minimum Gasteiger partial charge on any atom is -0.474 e. The van der Waals surface area contributed by atoms with Gasteiger partial charge in [-0.3, -0.25) is 0 Å². The number of carboxylic acid groups (broad SMARTS) is 1. The van der Waals surface area contributed by atoms with Crippen LogP contribution in [0.25, 0.3) is 10.7 Å². The molecule has 0 unspecified atom stereocenters. The van der Waals surface area contributed by atoms with Crippen molar-refractivity contribution in [1.29, 1.82) is 0 Å². The average molecular weight is 196 g/mol. The summed E-state index contributed by atoms with van der Waals surface area (Å²) in [7, 11) is 0. The van der Waals surface area contributed by atoms with E-state index >= 15 is 0 Å². The molecular formula is C7H4N2O3S. The first-order valence-electron chi connectivity index (χ1n) is 3.38. The van der Waals surface area contributed by atoms with Gasteiger partial charge in [0, 0.05) is 0 Å². The van der Waals surface area contributed by atoms with Gasteiger partial charge in [0.25, 0.3) is 0 Å². The lowest BCUT2D eigenvalue weighted by Gasteiger charge is -1.81. The van der Waals surface area contributed by atoms with Crippen molar-refractivity contribution in [3.63, 3.8) is 0 Å². The summed E-state index contributed by atoms with van der Waals surface area (Å²) in [6.07, 6.45) is 0. The molecule has 0 fully saturated rings. The minimum absolute atomic E-state index is 0.312. The van der Waals surface area contributed by atoms with E-state index in [1.165, 1.54) is 11.3 Å². The fraction of sp³-hybridized carbons (Fsp3) is 0. The van der Waals surface area contributed by atoms with Gasteiger partial charge in [-0.25, -0.2) is 4.79 Å². The Morgan fingerprint density at radius 2 is 2.46 bits per heavy atom. The summed E-state index contributed by atoms with van der Waals surface area (Å²) in [6.45, 7) is 0. The molecule has 0 aliphatic heterocycles. The molecule has 2 aromatic heterocycles. The number of carbonyl (C=O) groups is 1. The van der Waals surface area contributed by atoms with E-state index in [2.05, 4.69) is 14.7 Å². The van der Waals surface area contributed by atoms with E-state index in [1.54, 1.807) is 6.07 Å². The summed E-state index contributed by atoms with van der Waals surface area (Å²) in [4.78, 5) is 14.9. The van der Waals surface area contributed by atoms with E-state index in [0.29, 0.717) is 5.82 Å². The Kier molecular flexibility index (Phi) is 1.82. The number of rotatable bonds is 2. The first kappa shape index (κ1) is 7.93. The summed E-state index contributed by atoms with van der Waals surface area (Å²) in [5, 5.41) is 13.9. The number of aromatic nitrogens is 2. The van der Waals surface area contributed by atoms with Gasteiger partial charge in [0.2, 0.25) is 5.82 Å². The Morgan fingerprint density at radius 3 is 3.00 bits per heavy atom. The van der Waals surface area contributed by atoms with Crippen molar-refractivity contribution >= 4 is 17.3 Å². The van der Waals surface area contributed by atoms with Crippen molar-refractivity contribution in [2.24, 2.45) is 0 Å². The number of hydrogen-bond donors (Lipinski definition) is 1. The van der Waals surface area contributed by atoms with Crippen LogP contribution < -0.4 is 0 Å². The normalized spacial score (nSPS) is 10.2. The Labute approximate surface area is 76.6 Å². The number of hydrogen-bond acceptors (Lipinski definition) is 5. The van der Waals surface area contributed by atoms with Crippen LogP contribution in [0.3, 0.4) is 0 Å². The maximum Gasteiger partial charge on any atom is 0.394 e. The van der Waals surface area contributed by atoms with E-state index in [9.17, 15) is 4.79 Å². The molecule has 13 heavy (non-hydrogen) atoms. The number of aromatic carboxylic acids is 1. The van der Waals surface area contributed by atoms with Gasteiger partial charge < -0.3 is 9.63 Å². The van der Waals surface area contributed by atoms with Crippen molar-refractivity contribution in [1.82, 2.24) is 10.1 Å². The number of nitrogens with zero attached hydrogens (tertiary/aromatic N) is 2. The van der Waals surface area contributed by atoms with Crippen molar-refractivity contribution < 1.29 is 14.4 Å². The molecule has 6 heteroatoms. The van der Waals surface area contributed by atoms with Crippen molar-refractivity contribution in [3.8, 4) is 10.7 Å². The van der Waals surface area contributed by atoms with Gasteiger partial charge in [-0.05, 0) is 11.4 Å². The molecule has 0 saturated heterocycles. The molecule has 2 heterocycles. The van der Waals surface area contributed by atoms with Crippen LogP contribution in [0, 0.1) is 0 Å². The molecule has 0 aliphatic rings. The van der Waals surface area contributed by atoms with Crippen LogP contribution in [0.1, 0.15) is 10.7 Å². The second-order valence-corrected chi connectivity index (χ2v) is 3.15. The second kappa shape index (κ2) is 2.98. The van der Waals surface area contributed by atoms with Crippen LogP contribution in [-0.4, -0.2) is 21.2 Å². The van der Waals surface area contributed by atoms with Gasteiger partial charge in [-0.15, -0.1) is 11.3 Å². The quantitative estimate of drug-likeness (QED) is 0.787. The molecule has 2 aromatic rings. The first-order valence-corrected chi connectivity index (χ1v) is 4.26. The largest absolute Gasteiger partial charge is 0.474 e. The second-order valence-electron chi connectivity index (χ2n) is 2.21. The van der Waals surface area contributed by atoms with Gasteiger partial charge in [-0.2, -0.15) is 4.98 Å². The fourth-order valence-electron chi connectivity index (χ4n) is 0.816. The highest BCUT2D eigenvalue weighted by molar-refractivity contribution is 7.13. The average Bonchev–Trinajstić information content (AvgIpc) is 2.75. The molecule has 0 bridgehead atoms. The topological polar surface area (TPSA) is 76.2 Å². The molecule has 0 aromatic carbocycles. The highest BCUT2D eigenvalue weighted by atomic mass is 32.1. The molecule has 5 nitrogen and oxygen atoms in total. The lowest BCUT2D eigenvalue weighted by atomic mass is 10.4. The summed E-state index contributed by atoms with van der Waals surface area (Å²) < 4.78 is 4.50. The van der Waals surface area contributed by atoms with Crippen LogP contribution >= 0.6 is 11.3 Å². The van der Waals surface area contributed by atoms with E-state index in [-0.39, 0.29) is 5.89 Å². The van der Waals surface area contributed by atoms with Gasteiger partial charge in [-0.1, -0.05) is 11.2 Å². The zero-order chi connectivity index (χ0) is 9.26. The van der Waals surface area contributed by atoms with Crippen LogP contribution in [0.2, 0.25) is 0 Å². The summed E-state index contributed by atoms with van der Waals surface area (Å²) in [5.74, 6) is -1.29. The predicted octanol–water partition coefficient (Wildman–Crippen LogP) is 1.50. The summed E-state index contributed by atoms with van der Waals surface area (Å²) in [6, 6.07) is 3.62. The third-order valence-corrected chi connectivity index (χ3v) is 2.22. The van der Waals surface area contributed by atoms with Crippen molar-refractivity contribution in [2.45, 2.75) is 0 Å². The molecule has 0 radical (unpaired) electrons. The van der Waals surface area contributed by atoms with E-state index < -0.39 is 5.97 Å². The molecular weight excluding hydrogens is 192 g/mol. The van der Waals surface area contributed by atoms with Gasteiger partial charge in [0.05, 0.1) is 4.88 Å². The van der Waals surface area contributed by atoms with Crippen LogP contribution in [0.4, 0.5) is 0 Å².